The summed E-state index contributed by atoms with van der Waals surface area (Å²) in [4.78, 5) is 0. The SMILES string of the molecule is C=C/C(F)=C(/F)C(=C)/C(C)=C/CC(C)C(=C)/C(F)=C(/F)C=C. The molecule has 0 radical (unpaired) electrons. The molecular weight excluding hydrogens is 292 g/mol. The first kappa shape index (κ1) is 19.9. The lowest BCUT2D eigenvalue weighted by Gasteiger charge is -2.12. The minimum atomic E-state index is -1.10. The molecule has 0 fully saturated rings. The molecule has 0 bridgehead atoms. The Kier molecular flexibility index (Phi) is 8.17. The first-order valence-electron chi connectivity index (χ1n) is 6.58. The maximum atomic E-state index is 13.6. The highest BCUT2D eigenvalue weighted by Gasteiger charge is 2.15. The van der Waals surface area contributed by atoms with E-state index in [1.165, 1.54) is 0 Å². The number of rotatable bonds is 8. The lowest BCUT2D eigenvalue weighted by atomic mass is 9.95. The van der Waals surface area contributed by atoms with Crippen molar-refractivity contribution in [3.63, 3.8) is 0 Å². The van der Waals surface area contributed by atoms with Gasteiger partial charge in [-0.2, -0.15) is 0 Å². The lowest BCUT2D eigenvalue weighted by molar-refractivity contribution is 0.535. The van der Waals surface area contributed by atoms with Gasteiger partial charge in [-0.25, -0.2) is 17.6 Å². The summed E-state index contributed by atoms with van der Waals surface area (Å²) in [6.07, 6.45) is 3.34. The summed E-state index contributed by atoms with van der Waals surface area (Å²) in [7, 11) is 0. The van der Waals surface area contributed by atoms with Gasteiger partial charge in [-0.3, -0.25) is 0 Å². The maximum Gasteiger partial charge on any atom is 0.165 e. The monoisotopic (exact) mass is 312 g/mol. The van der Waals surface area contributed by atoms with Gasteiger partial charge in [0.2, 0.25) is 0 Å². The Hall–Kier alpha value is -2.10. The van der Waals surface area contributed by atoms with Gasteiger partial charge in [0.25, 0.3) is 0 Å². The summed E-state index contributed by atoms with van der Waals surface area (Å²) in [6, 6.07) is 0. The molecule has 22 heavy (non-hydrogen) atoms. The van der Waals surface area contributed by atoms with Crippen LogP contribution in [0.3, 0.4) is 0 Å². The molecule has 0 aliphatic carbocycles. The Bertz CT molecular complexity index is 574. The van der Waals surface area contributed by atoms with Gasteiger partial charge in [-0.15, -0.1) is 0 Å². The van der Waals surface area contributed by atoms with Crippen LogP contribution in [0.15, 0.2) is 84.6 Å². The van der Waals surface area contributed by atoms with Gasteiger partial charge in [0.1, 0.15) is 0 Å². The van der Waals surface area contributed by atoms with Crippen molar-refractivity contribution in [3.8, 4) is 0 Å². The van der Waals surface area contributed by atoms with E-state index in [0.717, 1.165) is 12.2 Å². The minimum absolute atomic E-state index is 0.0275. The van der Waals surface area contributed by atoms with Crippen LogP contribution in [0.4, 0.5) is 17.6 Å². The Labute approximate surface area is 129 Å². The molecule has 0 N–H and O–H groups in total. The van der Waals surface area contributed by atoms with E-state index in [-0.39, 0.29) is 17.6 Å². The smallest absolute Gasteiger partial charge is 0.165 e. The molecule has 0 amide bonds. The third-order valence-electron chi connectivity index (χ3n) is 3.17. The van der Waals surface area contributed by atoms with Crippen molar-refractivity contribution < 1.29 is 17.6 Å². The summed E-state index contributed by atoms with van der Waals surface area (Å²) < 4.78 is 53.3. The van der Waals surface area contributed by atoms with Crippen LogP contribution in [-0.2, 0) is 0 Å². The van der Waals surface area contributed by atoms with Crippen LogP contribution in [0.2, 0.25) is 0 Å². The van der Waals surface area contributed by atoms with Crippen LogP contribution >= 0.6 is 0 Å². The average Bonchev–Trinajstić information content (AvgIpc) is 2.54. The van der Waals surface area contributed by atoms with Crippen molar-refractivity contribution in [1.82, 2.24) is 0 Å². The fraction of sp³-hybridized carbons (Fsp3) is 0.222. The van der Waals surface area contributed by atoms with Gasteiger partial charge in [0.05, 0.1) is 0 Å². The van der Waals surface area contributed by atoms with E-state index in [2.05, 4.69) is 26.3 Å². The van der Waals surface area contributed by atoms with Gasteiger partial charge in [-0.05, 0) is 42.6 Å². The summed E-state index contributed by atoms with van der Waals surface area (Å²) in [5.74, 6) is -4.76. The Morgan fingerprint density at radius 3 is 1.86 bits per heavy atom. The largest absolute Gasteiger partial charge is 0.204 e. The second kappa shape index (κ2) is 9.03. The van der Waals surface area contributed by atoms with Crippen molar-refractivity contribution in [1.29, 1.82) is 0 Å². The number of allylic oxidation sites excluding steroid dienone is 10. The topological polar surface area (TPSA) is 0 Å². The Balaban J connectivity index is 5.06. The predicted octanol–water partition coefficient (Wildman–Crippen LogP) is 6.74. The van der Waals surface area contributed by atoms with Crippen molar-refractivity contribution in [2.45, 2.75) is 20.3 Å². The standard InChI is InChI=1S/C18H20F4/c1-7-15(19)17(21)13(5)11(3)9-10-12(4)14(6)18(22)16(20)8-2/h7-9,12H,1-2,5-6,10H2,3-4H3/b11-9+,17-15-,18-16-. The zero-order valence-electron chi connectivity index (χ0n) is 12.9. The van der Waals surface area contributed by atoms with Crippen LogP contribution in [0.5, 0.6) is 0 Å². The molecule has 0 aromatic rings. The molecule has 0 spiro atoms. The summed E-state index contributed by atoms with van der Waals surface area (Å²) >= 11 is 0. The maximum absolute atomic E-state index is 13.6. The highest BCUT2D eigenvalue weighted by molar-refractivity contribution is 5.43. The van der Waals surface area contributed by atoms with Crippen LogP contribution in [0.25, 0.3) is 0 Å². The van der Waals surface area contributed by atoms with Gasteiger partial charge in [0.15, 0.2) is 23.3 Å². The van der Waals surface area contributed by atoms with Crippen molar-refractivity contribution >= 4 is 0 Å². The predicted molar refractivity (Wildman–Crippen MR) is 84.7 cm³/mol. The first-order valence-corrected chi connectivity index (χ1v) is 6.58. The van der Waals surface area contributed by atoms with E-state index in [0.29, 0.717) is 5.57 Å². The molecule has 0 aliphatic heterocycles. The lowest BCUT2D eigenvalue weighted by Crippen LogP contribution is -1.99. The molecule has 0 aromatic carbocycles. The van der Waals surface area contributed by atoms with Crippen molar-refractivity contribution in [2.24, 2.45) is 5.92 Å². The van der Waals surface area contributed by atoms with E-state index in [9.17, 15) is 17.6 Å². The normalized spacial score (nSPS) is 15.5. The summed E-state index contributed by atoms with van der Waals surface area (Å²) in [5.41, 5.74) is 0.242. The van der Waals surface area contributed by atoms with E-state index in [4.69, 9.17) is 0 Å². The molecule has 0 aliphatic rings. The van der Waals surface area contributed by atoms with Crippen LogP contribution in [0, 0.1) is 5.92 Å². The molecule has 1 atom stereocenters. The Morgan fingerprint density at radius 2 is 1.41 bits per heavy atom. The van der Waals surface area contributed by atoms with Gasteiger partial charge >= 0.3 is 0 Å². The zero-order valence-corrected chi connectivity index (χ0v) is 12.9. The third-order valence-corrected chi connectivity index (χ3v) is 3.17. The van der Waals surface area contributed by atoms with E-state index >= 15 is 0 Å². The van der Waals surface area contributed by atoms with Crippen LogP contribution < -0.4 is 0 Å². The molecule has 0 heterocycles. The quantitative estimate of drug-likeness (QED) is 0.344. The minimum Gasteiger partial charge on any atom is -0.204 e. The number of halogens is 4. The number of hydrogen-bond acceptors (Lipinski definition) is 0. The zero-order chi connectivity index (χ0) is 17.4. The molecule has 0 rings (SSSR count). The highest BCUT2D eigenvalue weighted by atomic mass is 19.2. The number of hydrogen-bond donors (Lipinski definition) is 0. The molecular formula is C18H20F4. The molecule has 0 nitrogen and oxygen atoms in total. The second-order valence-corrected chi connectivity index (χ2v) is 4.76. The molecule has 0 saturated heterocycles. The third kappa shape index (κ3) is 5.35. The average molecular weight is 312 g/mol. The highest BCUT2D eigenvalue weighted by Crippen LogP contribution is 2.28. The van der Waals surface area contributed by atoms with Gasteiger partial charge < -0.3 is 0 Å². The van der Waals surface area contributed by atoms with E-state index < -0.39 is 29.2 Å². The molecule has 0 saturated carbocycles. The van der Waals surface area contributed by atoms with Crippen LogP contribution in [0.1, 0.15) is 20.3 Å². The van der Waals surface area contributed by atoms with Gasteiger partial charge in [-0.1, -0.05) is 39.3 Å². The Morgan fingerprint density at radius 1 is 0.955 bits per heavy atom. The molecule has 120 valence electrons. The molecule has 4 heteroatoms. The summed E-state index contributed by atoms with van der Waals surface area (Å²) in [6.45, 7) is 16.4. The van der Waals surface area contributed by atoms with Gasteiger partial charge in [0, 0.05) is 5.57 Å². The first-order chi connectivity index (χ1) is 10.2. The molecule has 0 aromatic heterocycles. The van der Waals surface area contributed by atoms with Crippen molar-refractivity contribution in [2.75, 3.05) is 0 Å². The van der Waals surface area contributed by atoms with E-state index in [1.54, 1.807) is 19.9 Å². The summed E-state index contributed by atoms with van der Waals surface area (Å²) in [5, 5.41) is 0. The fourth-order valence-corrected chi connectivity index (χ4v) is 1.49. The van der Waals surface area contributed by atoms with E-state index in [1.807, 2.05) is 0 Å². The fourth-order valence-electron chi connectivity index (χ4n) is 1.49. The van der Waals surface area contributed by atoms with Crippen LogP contribution in [-0.4, -0.2) is 0 Å². The second-order valence-electron chi connectivity index (χ2n) is 4.76. The molecule has 1 unspecified atom stereocenters. The van der Waals surface area contributed by atoms with Crippen molar-refractivity contribution in [3.05, 3.63) is 84.6 Å².